The summed E-state index contributed by atoms with van der Waals surface area (Å²) < 4.78 is 17.6. The molecule has 0 fully saturated rings. The minimum absolute atomic E-state index is 0.0331. The molecule has 2 aromatic rings. The van der Waals surface area contributed by atoms with Gasteiger partial charge in [0, 0.05) is 11.4 Å². The van der Waals surface area contributed by atoms with E-state index in [9.17, 15) is 9.00 Å². The van der Waals surface area contributed by atoms with E-state index in [2.05, 4.69) is 5.32 Å². The lowest BCUT2D eigenvalue weighted by molar-refractivity contribution is -0.118. The molecule has 1 amide bonds. The van der Waals surface area contributed by atoms with Crippen LogP contribution in [0.25, 0.3) is 0 Å². The van der Waals surface area contributed by atoms with Crippen LogP contribution in [0.3, 0.4) is 0 Å². The number of carbonyl (C=O) groups excluding carboxylic acids is 1. The second-order valence-corrected chi connectivity index (χ2v) is 6.61. The Hall–Kier alpha value is -2.14. The van der Waals surface area contributed by atoms with E-state index in [-0.39, 0.29) is 11.7 Å². The first-order valence-electron chi connectivity index (χ1n) is 7.52. The van der Waals surface area contributed by atoms with Crippen LogP contribution in [0.1, 0.15) is 18.1 Å². The molecule has 1 atom stereocenters. The third-order valence-corrected chi connectivity index (χ3v) is 4.52. The monoisotopic (exact) mass is 331 g/mol. The van der Waals surface area contributed by atoms with Gasteiger partial charge in [0.25, 0.3) is 0 Å². The minimum atomic E-state index is -1.33. The van der Waals surface area contributed by atoms with Gasteiger partial charge in [-0.3, -0.25) is 9.00 Å². The third-order valence-electron chi connectivity index (χ3n) is 3.21. The van der Waals surface area contributed by atoms with Crippen LogP contribution in [0.4, 0.5) is 0 Å². The predicted octanol–water partition coefficient (Wildman–Crippen LogP) is 2.82. The average Bonchev–Trinajstić information content (AvgIpc) is 2.54. The molecule has 0 radical (unpaired) electrons. The molecule has 0 spiro atoms. The van der Waals surface area contributed by atoms with Crippen LogP contribution >= 0.6 is 0 Å². The van der Waals surface area contributed by atoms with Crippen molar-refractivity contribution in [3.63, 3.8) is 0 Å². The fourth-order valence-electron chi connectivity index (χ4n) is 2.12. The van der Waals surface area contributed by atoms with Gasteiger partial charge in [0.1, 0.15) is 11.5 Å². The van der Waals surface area contributed by atoms with E-state index in [1.807, 2.05) is 56.3 Å². The Bertz CT molecular complexity index is 700. The molecule has 0 aromatic heterocycles. The maximum absolute atomic E-state index is 12.2. The van der Waals surface area contributed by atoms with E-state index < -0.39 is 10.8 Å². The summed E-state index contributed by atoms with van der Waals surface area (Å²) in [6.07, 6.45) is 0. The smallest absolute Gasteiger partial charge is 0.233 e. The fraction of sp³-hybridized carbons (Fsp3) is 0.278. The Morgan fingerprint density at radius 3 is 2.70 bits per heavy atom. The van der Waals surface area contributed by atoms with Crippen LogP contribution in [0, 0.1) is 6.92 Å². The largest absolute Gasteiger partial charge is 0.494 e. The highest BCUT2D eigenvalue weighted by Gasteiger charge is 2.10. The maximum Gasteiger partial charge on any atom is 0.233 e. The van der Waals surface area contributed by atoms with Crippen LogP contribution in [0.15, 0.2) is 53.4 Å². The highest BCUT2D eigenvalue weighted by atomic mass is 32.2. The van der Waals surface area contributed by atoms with E-state index in [0.29, 0.717) is 18.0 Å². The van der Waals surface area contributed by atoms with Gasteiger partial charge in [-0.05, 0) is 49.2 Å². The quantitative estimate of drug-likeness (QED) is 0.849. The molecule has 0 saturated carbocycles. The summed E-state index contributed by atoms with van der Waals surface area (Å²) in [7, 11) is -1.33. The van der Waals surface area contributed by atoms with Gasteiger partial charge in [0.15, 0.2) is 0 Å². The summed E-state index contributed by atoms with van der Waals surface area (Å²) in [6.45, 7) is 4.86. The van der Waals surface area contributed by atoms with Gasteiger partial charge < -0.3 is 10.1 Å². The van der Waals surface area contributed by atoms with Crippen LogP contribution in [0.2, 0.25) is 0 Å². The number of ether oxygens (including phenoxy) is 1. The molecular formula is C18H21NO3S. The molecule has 2 rings (SSSR count). The normalized spacial score (nSPS) is 11.7. The maximum atomic E-state index is 12.2. The van der Waals surface area contributed by atoms with Crippen molar-refractivity contribution in [3.05, 3.63) is 59.7 Å². The second-order valence-electron chi connectivity index (χ2n) is 5.16. The van der Waals surface area contributed by atoms with Crippen LogP contribution in [-0.2, 0) is 22.1 Å². The molecule has 0 heterocycles. The highest BCUT2D eigenvalue weighted by molar-refractivity contribution is 7.85. The first kappa shape index (κ1) is 17.2. The van der Waals surface area contributed by atoms with Crippen molar-refractivity contribution in [2.24, 2.45) is 0 Å². The molecule has 0 saturated heterocycles. The summed E-state index contributed by atoms with van der Waals surface area (Å²) in [6, 6.07) is 15.0. The Morgan fingerprint density at radius 2 is 1.96 bits per heavy atom. The molecule has 0 aliphatic carbocycles. The number of hydrogen-bond acceptors (Lipinski definition) is 3. The summed E-state index contributed by atoms with van der Waals surface area (Å²) >= 11 is 0. The second kappa shape index (κ2) is 8.48. The number of aryl methyl sites for hydroxylation is 1. The van der Waals surface area contributed by atoms with Gasteiger partial charge in [-0.2, -0.15) is 0 Å². The number of benzene rings is 2. The summed E-state index contributed by atoms with van der Waals surface area (Å²) in [5, 5.41) is 2.80. The minimum Gasteiger partial charge on any atom is -0.494 e. The van der Waals surface area contributed by atoms with Gasteiger partial charge >= 0.3 is 0 Å². The molecule has 4 nitrogen and oxygen atoms in total. The van der Waals surface area contributed by atoms with Crippen molar-refractivity contribution in [1.82, 2.24) is 5.32 Å². The number of rotatable bonds is 7. The molecule has 1 unspecified atom stereocenters. The fourth-order valence-corrected chi connectivity index (χ4v) is 3.18. The predicted molar refractivity (Wildman–Crippen MR) is 91.9 cm³/mol. The molecular weight excluding hydrogens is 310 g/mol. The van der Waals surface area contributed by atoms with Crippen LogP contribution in [0.5, 0.6) is 5.75 Å². The van der Waals surface area contributed by atoms with Gasteiger partial charge in [-0.25, -0.2) is 0 Å². The third kappa shape index (κ3) is 5.53. The molecule has 23 heavy (non-hydrogen) atoms. The van der Waals surface area contributed by atoms with E-state index in [1.54, 1.807) is 6.07 Å². The lowest BCUT2D eigenvalue weighted by Crippen LogP contribution is -2.27. The SMILES string of the molecule is CCOc1cccc(CNC(=O)CS(=O)c2cccc(C)c2)c1. The zero-order chi connectivity index (χ0) is 16.7. The number of amides is 1. The van der Waals surface area contributed by atoms with Crippen molar-refractivity contribution in [2.45, 2.75) is 25.3 Å². The molecule has 0 aliphatic heterocycles. The van der Waals surface area contributed by atoms with E-state index >= 15 is 0 Å². The first-order chi connectivity index (χ1) is 11.1. The molecule has 0 bridgehead atoms. The van der Waals surface area contributed by atoms with E-state index in [4.69, 9.17) is 4.74 Å². The Balaban J connectivity index is 1.87. The van der Waals surface area contributed by atoms with Gasteiger partial charge in [-0.1, -0.05) is 24.3 Å². The molecule has 122 valence electrons. The lowest BCUT2D eigenvalue weighted by atomic mass is 10.2. The van der Waals surface area contributed by atoms with Crippen molar-refractivity contribution in [1.29, 1.82) is 0 Å². The van der Waals surface area contributed by atoms with E-state index in [0.717, 1.165) is 16.9 Å². The van der Waals surface area contributed by atoms with Crippen molar-refractivity contribution in [3.8, 4) is 5.75 Å². The molecule has 5 heteroatoms. The molecule has 2 aromatic carbocycles. The Kier molecular flexibility index (Phi) is 6.35. The van der Waals surface area contributed by atoms with E-state index in [1.165, 1.54) is 0 Å². The number of nitrogens with one attached hydrogen (secondary N) is 1. The Morgan fingerprint density at radius 1 is 1.17 bits per heavy atom. The zero-order valence-electron chi connectivity index (χ0n) is 13.4. The highest BCUT2D eigenvalue weighted by Crippen LogP contribution is 2.13. The van der Waals surface area contributed by atoms with Crippen LogP contribution in [-0.4, -0.2) is 22.5 Å². The Labute approximate surface area is 139 Å². The average molecular weight is 331 g/mol. The van der Waals surface area contributed by atoms with Gasteiger partial charge in [0.2, 0.25) is 5.91 Å². The molecule has 1 N–H and O–H groups in total. The molecule has 0 aliphatic rings. The van der Waals surface area contributed by atoms with Crippen molar-refractivity contribution >= 4 is 16.7 Å². The lowest BCUT2D eigenvalue weighted by Gasteiger charge is -2.08. The van der Waals surface area contributed by atoms with Gasteiger partial charge in [-0.15, -0.1) is 0 Å². The summed E-state index contributed by atoms with van der Waals surface area (Å²) in [5.41, 5.74) is 1.98. The topological polar surface area (TPSA) is 55.4 Å². The standard InChI is InChI=1S/C18H21NO3S/c1-3-22-16-8-5-7-15(11-16)12-19-18(20)13-23(21)17-9-4-6-14(2)10-17/h4-11H,3,12-13H2,1-2H3,(H,19,20). The van der Waals surface area contributed by atoms with Crippen molar-refractivity contribution < 1.29 is 13.7 Å². The first-order valence-corrected chi connectivity index (χ1v) is 8.84. The number of carbonyl (C=O) groups is 1. The van der Waals surface area contributed by atoms with Gasteiger partial charge in [0.05, 0.1) is 17.4 Å². The summed E-state index contributed by atoms with van der Waals surface area (Å²) in [4.78, 5) is 12.6. The van der Waals surface area contributed by atoms with Crippen LogP contribution < -0.4 is 10.1 Å². The zero-order valence-corrected chi connectivity index (χ0v) is 14.2. The van der Waals surface area contributed by atoms with Crippen molar-refractivity contribution in [2.75, 3.05) is 12.4 Å². The number of hydrogen-bond donors (Lipinski definition) is 1. The summed E-state index contributed by atoms with van der Waals surface area (Å²) in [5.74, 6) is 0.517.